The van der Waals surface area contributed by atoms with Gasteiger partial charge >= 0.3 is 0 Å². The summed E-state index contributed by atoms with van der Waals surface area (Å²) in [5.74, 6) is 0.913. The van der Waals surface area contributed by atoms with Gasteiger partial charge in [0, 0.05) is 16.3 Å². The van der Waals surface area contributed by atoms with Crippen molar-refractivity contribution in [3.63, 3.8) is 0 Å². The molecule has 0 bridgehead atoms. The summed E-state index contributed by atoms with van der Waals surface area (Å²) in [5, 5.41) is 13.8. The maximum absolute atomic E-state index is 12.6. The van der Waals surface area contributed by atoms with Gasteiger partial charge in [0.25, 0.3) is 0 Å². The van der Waals surface area contributed by atoms with Crippen LogP contribution in [-0.4, -0.2) is 26.4 Å². The van der Waals surface area contributed by atoms with Crippen LogP contribution in [0.4, 0.5) is 5.69 Å². The minimum Gasteiger partial charge on any atom is -0.325 e. The average Bonchev–Trinajstić information content (AvgIpc) is 3.24. The van der Waals surface area contributed by atoms with E-state index in [1.54, 1.807) is 18.2 Å². The van der Waals surface area contributed by atoms with Crippen molar-refractivity contribution >= 4 is 58.2 Å². The third-order valence-corrected chi connectivity index (χ3v) is 6.99. The van der Waals surface area contributed by atoms with E-state index in [0.29, 0.717) is 31.7 Å². The van der Waals surface area contributed by atoms with E-state index >= 15 is 0 Å². The third-order valence-electron chi connectivity index (χ3n) is 5.07. The molecule has 4 rings (SSSR count). The van der Waals surface area contributed by atoms with E-state index in [-0.39, 0.29) is 17.6 Å². The second kappa shape index (κ2) is 10.8. The summed E-state index contributed by atoms with van der Waals surface area (Å²) in [7, 11) is 0. The molecule has 9 heteroatoms. The molecule has 1 N–H and O–H groups in total. The van der Waals surface area contributed by atoms with E-state index in [9.17, 15) is 4.79 Å². The van der Waals surface area contributed by atoms with Crippen molar-refractivity contribution < 1.29 is 4.79 Å². The molecule has 0 fully saturated rings. The standard InChI is InChI=1S/C25H21Cl3N4OS/c1-15(2)19-5-3-4-6-22(19)32-24(16-7-9-17(26)10-8-16)30-31-25(32)34-14-23(33)29-18-11-12-20(27)21(28)13-18/h3-13,15H,14H2,1-2H3,(H,29,33). The molecular weight excluding hydrogens is 511 g/mol. The van der Waals surface area contributed by atoms with Gasteiger partial charge in [0.05, 0.1) is 21.5 Å². The van der Waals surface area contributed by atoms with Crippen LogP contribution in [0.2, 0.25) is 15.1 Å². The largest absolute Gasteiger partial charge is 0.325 e. The van der Waals surface area contributed by atoms with Crippen molar-refractivity contribution in [3.8, 4) is 17.1 Å². The van der Waals surface area contributed by atoms with E-state index in [2.05, 4.69) is 35.4 Å². The number of hydrogen-bond donors (Lipinski definition) is 1. The van der Waals surface area contributed by atoms with Gasteiger partial charge in [0.2, 0.25) is 5.91 Å². The molecule has 34 heavy (non-hydrogen) atoms. The van der Waals surface area contributed by atoms with Crippen LogP contribution in [0.3, 0.4) is 0 Å². The molecule has 0 aliphatic heterocycles. The van der Waals surface area contributed by atoms with Crippen molar-refractivity contribution in [1.82, 2.24) is 14.8 Å². The monoisotopic (exact) mass is 530 g/mol. The second-order valence-electron chi connectivity index (χ2n) is 7.83. The topological polar surface area (TPSA) is 59.8 Å². The lowest BCUT2D eigenvalue weighted by Gasteiger charge is -2.17. The highest BCUT2D eigenvalue weighted by molar-refractivity contribution is 7.99. The van der Waals surface area contributed by atoms with Gasteiger partial charge in [0.1, 0.15) is 0 Å². The van der Waals surface area contributed by atoms with Crippen molar-refractivity contribution in [2.24, 2.45) is 0 Å². The summed E-state index contributed by atoms with van der Waals surface area (Å²) in [6, 6.07) is 20.6. The number of hydrogen-bond acceptors (Lipinski definition) is 4. The van der Waals surface area contributed by atoms with Crippen LogP contribution in [0.5, 0.6) is 0 Å². The smallest absolute Gasteiger partial charge is 0.234 e. The molecule has 174 valence electrons. The van der Waals surface area contributed by atoms with Gasteiger partial charge in [-0.3, -0.25) is 9.36 Å². The highest BCUT2D eigenvalue weighted by atomic mass is 35.5. The van der Waals surface area contributed by atoms with Crippen molar-refractivity contribution in [2.45, 2.75) is 24.9 Å². The normalized spacial score (nSPS) is 11.1. The Morgan fingerprint density at radius 1 is 0.971 bits per heavy atom. The Kier molecular flexibility index (Phi) is 7.84. The number of halogens is 3. The third kappa shape index (κ3) is 5.58. The van der Waals surface area contributed by atoms with Crippen molar-refractivity contribution in [2.75, 3.05) is 11.1 Å². The fraction of sp³-hybridized carbons (Fsp3) is 0.160. The molecule has 0 spiro atoms. The molecule has 0 saturated carbocycles. The van der Waals surface area contributed by atoms with Crippen molar-refractivity contribution in [3.05, 3.63) is 87.4 Å². The predicted octanol–water partition coefficient (Wildman–Crippen LogP) is 7.75. The minimum atomic E-state index is -0.192. The first kappa shape index (κ1) is 24.6. The van der Waals surface area contributed by atoms with Gasteiger partial charge in [-0.05, 0) is 60.0 Å². The second-order valence-corrected chi connectivity index (χ2v) is 10.0. The summed E-state index contributed by atoms with van der Waals surface area (Å²) >= 11 is 19.4. The molecule has 1 amide bonds. The number of rotatable bonds is 7. The van der Waals surface area contributed by atoms with E-state index in [1.807, 2.05) is 47.0 Å². The van der Waals surface area contributed by atoms with E-state index in [1.165, 1.54) is 11.8 Å². The molecular formula is C25H21Cl3N4OS. The maximum Gasteiger partial charge on any atom is 0.234 e. The van der Waals surface area contributed by atoms with Crippen LogP contribution in [-0.2, 0) is 4.79 Å². The molecule has 1 heterocycles. The zero-order valence-electron chi connectivity index (χ0n) is 18.4. The average molecular weight is 532 g/mol. The number of anilines is 1. The minimum absolute atomic E-state index is 0.142. The first-order valence-electron chi connectivity index (χ1n) is 10.5. The molecule has 0 atom stereocenters. The molecule has 0 unspecified atom stereocenters. The van der Waals surface area contributed by atoms with Gasteiger partial charge in [-0.25, -0.2) is 0 Å². The molecule has 4 aromatic rings. The quantitative estimate of drug-likeness (QED) is 0.248. The Morgan fingerprint density at radius 3 is 2.41 bits per heavy atom. The Hall–Kier alpha value is -2.51. The lowest BCUT2D eigenvalue weighted by Crippen LogP contribution is -2.14. The van der Waals surface area contributed by atoms with Crippen LogP contribution in [0, 0.1) is 0 Å². The van der Waals surface area contributed by atoms with Crippen LogP contribution >= 0.6 is 46.6 Å². The zero-order valence-corrected chi connectivity index (χ0v) is 21.5. The highest BCUT2D eigenvalue weighted by Gasteiger charge is 2.20. The molecule has 0 aliphatic rings. The number of para-hydroxylation sites is 1. The maximum atomic E-state index is 12.6. The number of carbonyl (C=O) groups is 1. The number of nitrogens with one attached hydrogen (secondary N) is 1. The number of benzene rings is 3. The van der Waals surface area contributed by atoms with E-state index < -0.39 is 0 Å². The molecule has 0 aliphatic carbocycles. The van der Waals surface area contributed by atoms with E-state index in [0.717, 1.165) is 16.8 Å². The zero-order chi connectivity index (χ0) is 24.2. The molecule has 0 radical (unpaired) electrons. The SMILES string of the molecule is CC(C)c1ccccc1-n1c(SCC(=O)Nc2ccc(Cl)c(Cl)c2)nnc1-c1ccc(Cl)cc1. The van der Waals surface area contributed by atoms with Gasteiger partial charge in [-0.2, -0.15) is 0 Å². The molecule has 5 nitrogen and oxygen atoms in total. The lowest BCUT2D eigenvalue weighted by molar-refractivity contribution is -0.113. The summed E-state index contributed by atoms with van der Waals surface area (Å²) in [6.07, 6.45) is 0. The number of aromatic nitrogens is 3. The summed E-state index contributed by atoms with van der Waals surface area (Å²) in [4.78, 5) is 12.6. The Balaban J connectivity index is 1.65. The Morgan fingerprint density at radius 2 is 1.71 bits per heavy atom. The number of carbonyl (C=O) groups excluding carboxylic acids is 1. The van der Waals surface area contributed by atoms with Gasteiger partial charge in [-0.1, -0.05) is 78.6 Å². The van der Waals surface area contributed by atoms with Gasteiger partial charge in [-0.15, -0.1) is 10.2 Å². The van der Waals surface area contributed by atoms with Crippen molar-refractivity contribution in [1.29, 1.82) is 0 Å². The van der Waals surface area contributed by atoms with Crippen LogP contribution in [0.1, 0.15) is 25.3 Å². The fourth-order valence-corrected chi connectivity index (χ4v) is 4.62. The van der Waals surface area contributed by atoms with Crippen LogP contribution in [0.25, 0.3) is 17.1 Å². The summed E-state index contributed by atoms with van der Waals surface area (Å²) in [6.45, 7) is 4.28. The lowest BCUT2D eigenvalue weighted by atomic mass is 10.0. The highest BCUT2D eigenvalue weighted by Crippen LogP contribution is 2.33. The van der Waals surface area contributed by atoms with Crippen LogP contribution < -0.4 is 5.32 Å². The molecule has 0 saturated heterocycles. The first-order valence-corrected chi connectivity index (χ1v) is 12.6. The molecule has 1 aromatic heterocycles. The van der Waals surface area contributed by atoms with E-state index in [4.69, 9.17) is 34.8 Å². The number of nitrogens with zero attached hydrogens (tertiary/aromatic N) is 3. The predicted molar refractivity (Wildman–Crippen MR) is 142 cm³/mol. The van der Waals surface area contributed by atoms with Crippen LogP contribution in [0.15, 0.2) is 71.9 Å². The first-order chi connectivity index (χ1) is 16.3. The Bertz CT molecular complexity index is 1320. The molecule has 3 aromatic carbocycles. The fourth-order valence-electron chi connectivity index (χ4n) is 3.45. The Labute approximate surface area is 217 Å². The van der Waals surface area contributed by atoms with Gasteiger partial charge < -0.3 is 5.32 Å². The number of thioether (sulfide) groups is 1. The summed E-state index contributed by atoms with van der Waals surface area (Å²) in [5.41, 5.74) is 3.58. The number of amides is 1. The summed E-state index contributed by atoms with van der Waals surface area (Å²) < 4.78 is 2.00. The van der Waals surface area contributed by atoms with Gasteiger partial charge in [0.15, 0.2) is 11.0 Å².